The quantitative estimate of drug-likeness (QED) is 0.844. The lowest BCUT2D eigenvalue weighted by Gasteiger charge is -2.22. The Morgan fingerprint density at radius 3 is 2.67 bits per heavy atom. The summed E-state index contributed by atoms with van der Waals surface area (Å²) >= 11 is 3.38. The van der Waals surface area contributed by atoms with Crippen LogP contribution in [0.1, 0.15) is 32.5 Å². The van der Waals surface area contributed by atoms with E-state index in [1.165, 1.54) is 0 Å². The van der Waals surface area contributed by atoms with Gasteiger partial charge in [0.1, 0.15) is 16.2 Å². The van der Waals surface area contributed by atoms with Crippen LogP contribution < -0.4 is 10.2 Å². The molecule has 18 heavy (non-hydrogen) atoms. The summed E-state index contributed by atoms with van der Waals surface area (Å²) in [5.74, 6) is 1.76. The van der Waals surface area contributed by atoms with Gasteiger partial charge in [0.25, 0.3) is 0 Å². The second-order valence-electron chi connectivity index (χ2n) is 4.25. The third kappa shape index (κ3) is 3.94. The average molecular weight is 315 g/mol. The molecule has 0 fully saturated rings. The first-order chi connectivity index (χ1) is 8.47. The van der Waals surface area contributed by atoms with Gasteiger partial charge in [-0.1, -0.05) is 13.8 Å². The molecule has 1 aromatic rings. The van der Waals surface area contributed by atoms with Crippen molar-refractivity contribution in [2.45, 2.75) is 26.7 Å². The van der Waals surface area contributed by atoms with E-state index in [0.717, 1.165) is 16.2 Å². The Balaban J connectivity index is 3.01. The fourth-order valence-corrected chi connectivity index (χ4v) is 1.84. The van der Waals surface area contributed by atoms with Crippen molar-refractivity contribution in [1.82, 2.24) is 15.3 Å². The summed E-state index contributed by atoms with van der Waals surface area (Å²) in [5, 5.41) is 2.62. The third-order valence-electron chi connectivity index (χ3n) is 2.53. The van der Waals surface area contributed by atoms with E-state index in [0.29, 0.717) is 13.1 Å². The zero-order valence-corrected chi connectivity index (χ0v) is 12.8. The van der Waals surface area contributed by atoms with Gasteiger partial charge in [0.05, 0.1) is 6.54 Å². The molecule has 0 radical (unpaired) electrons. The summed E-state index contributed by atoms with van der Waals surface area (Å²) in [6, 6.07) is 1.83. The van der Waals surface area contributed by atoms with Crippen LogP contribution in [0.15, 0.2) is 10.7 Å². The van der Waals surface area contributed by atoms with Gasteiger partial charge in [0.15, 0.2) is 0 Å². The zero-order valence-electron chi connectivity index (χ0n) is 11.2. The maximum Gasteiger partial charge on any atom is 0.239 e. The van der Waals surface area contributed by atoms with Gasteiger partial charge < -0.3 is 10.2 Å². The van der Waals surface area contributed by atoms with E-state index in [2.05, 4.69) is 31.2 Å². The van der Waals surface area contributed by atoms with Crippen LogP contribution in [0.25, 0.3) is 0 Å². The molecule has 0 spiro atoms. The van der Waals surface area contributed by atoms with E-state index < -0.39 is 0 Å². The van der Waals surface area contributed by atoms with Gasteiger partial charge in [0, 0.05) is 25.6 Å². The van der Waals surface area contributed by atoms with Crippen LogP contribution >= 0.6 is 15.9 Å². The predicted octanol–water partition coefficient (Wildman–Crippen LogP) is 1.93. The Kier molecular flexibility index (Phi) is 5.53. The smallest absolute Gasteiger partial charge is 0.239 e. The molecule has 0 aliphatic carbocycles. The number of amides is 1. The second-order valence-corrected chi connectivity index (χ2v) is 5.06. The summed E-state index contributed by atoms with van der Waals surface area (Å²) < 4.78 is 0.742. The highest BCUT2D eigenvalue weighted by Crippen LogP contribution is 2.20. The first-order valence-corrected chi connectivity index (χ1v) is 6.77. The van der Waals surface area contributed by atoms with Gasteiger partial charge >= 0.3 is 0 Å². The molecule has 1 amide bonds. The van der Waals surface area contributed by atoms with E-state index in [4.69, 9.17) is 0 Å². The van der Waals surface area contributed by atoms with E-state index >= 15 is 0 Å². The van der Waals surface area contributed by atoms with Crippen LogP contribution in [-0.2, 0) is 4.79 Å². The molecule has 0 saturated heterocycles. The van der Waals surface area contributed by atoms with E-state index in [9.17, 15) is 4.79 Å². The SMILES string of the molecule is CCN(CC(=O)NC)c1cc(Br)nc(C(C)C)n1. The van der Waals surface area contributed by atoms with Gasteiger partial charge in [-0.15, -0.1) is 0 Å². The van der Waals surface area contributed by atoms with Crippen molar-refractivity contribution in [2.24, 2.45) is 0 Å². The van der Waals surface area contributed by atoms with Crippen LogP contribution in [0.4, 0.5) is 5.82 Å². The van der Waals surface area contributed by atoms with Crippen LogP contribution in [0.3, 0.4) is 0 Å². The number of carbonyl (C=O) groups excluding carboxylic acids is 1. The molecule has 0 aliphatic heterocycles. The van der Waals surface area contributed by atoms with Crippen molar-refractivity contribution in [3.05, 3.63) is 16.5 Å². The molecule has 1 rings (SSSR count). The number of aromatic nitrogens is 2. The Bertz CT molecular complexity index is 423. The Morgan fingerprint density at radius 2 is 2.17 bits per heavy atom. The Morgan fingerprint density at radius 1 is 1.50 bits per heavy atom. The molecule has 0 aliphatic rings. The molecule has 5 nitrogen and oxygen atoms in total. The highest BCUT2D eigenvalue weighted by Gasteiger charge is 2.13. The zero-order chi connectivity index (χ0) is 13.7. The average Bonchev–Trinajstić information content (AvgIpc) is 2.34. The van der Waals surface area contributed by atoms with Crippen molar-refractivity contribution in [1.29, 1.82) is 0 Å². The van der Waals surface area contributed by atoms with Gasteiger partial charge in [0.2, 0.25) is 5.91 Å². The Labute approximate surface area is 116 Å². The maximum atomic E-state index is 11.5. The number of rotatable bonds is 5. The minimum absolute atomic E-state index is 0.0299. The molecule has 0 saturated carbocycles. The van der Waals surface area contributed by atoms with Crippen molar-refractivity contribution < 1.29 is 4.79 Å². The largest absolute Gasteiger partial charge is 0.358 e. The number of carbonyl (C=O) groups is 1. The summed E-state index contributed by atoms with van der Waals surface area (Å²) in [4.78, 5) is 22.2. The van der Waals surface area contributed by atoms with Crippen LogP contribution in [0.2, 0.25) is 0 Å². The molecule has 0 bridgehead atoms. The first-order valence-electron chi connectivity index (χ1n) is 5.97. The highest BCUT2D eigenvalue weighted by molar-refractivity contribution is 9.10. The van der Waals surface area contributed by atoms with Crippen LogP contribution in [-0.4, -0.2) is 36.0 Å². The van der Waals surface area contributed by atoms with Crippen LogP contribution in [0, 0.1) is 0 Å². The summed E-state index contributed by atoms with van der Waals surface area (Å²) in [6.07, 6.45) is 0. The number of nitrogens with one attached hydrogen (secondary N) is 1. The molecule has 100 valence electrons. The number of halogens is 1. The van der Waals surface area contributed by atoms with Crippen molar-refractivity contribution in [3.8, 4) is 0 Å². The fraction of sp³-hybridized carbons (Fsp3) is 0.583. The van der Waals surface area contributed by atoms with Crippen LogP contribution in [0.5, 0.6) is 0 Å². The molecule has 1 N–H and O–H groups in total. The van der Waals surface area contributed by atoms with Gasteiger partial charge in [-0.25, -0.2) is 9.97 Å². The molecular formula is C12H19BrN4O. The normalized spacial score (nSPS) is 10.6. The standard InChI is InChI=1S/C12H19BrN4O/c1-5-17(7-11(18)14-4)10-6-9(13)15-12(16-10)8(2)3/h6,8H,5,7H2,1-4H3,(H,14,18). The number of anilines is 1. The lowest BCUT2D eigenvalue weighted by atomic mass is 10.2. The topological polar surface area (TPSA) is 58.1 Å². The molecule has 0 aromatic carbocycles. The minimum atomic E-state index is -0.0299. The molecule has 0 unspecified atom stereocenters. The molecule has 0 atom stereocenters. The van der Waals surface area contributed by atoms with E-state index in [1.807, 2.05) is 31.7 Å². The van der Waals surface area contributed by atoms with E-state index in [-0.39, 0.29) is 11.8 Å². The van der Waals surface area contributed by atoms with Gasteiger partial charge in [-0.2, -0.15) is 0 Å². The highest BCUT2D eigenvalue weighted by atomic mass is 79.9. The summed E-state index contributed by atoms with van der Waals surface area (Å²) in [6.45, 7) is 7.09. The van der Waals surface area contributed by atoms with E-state index in [1.54, 1.807) is 7.05 Å². The maximum absolute atomic E-state index is 11.5. The fourth-order valence-electron chi connectivity index (χ4n) is 1.45. The number of likely N-dealkylation sites (N-methyl/N-ethyl adjacent to an activating group) is 2. The van der Waals surface area contributed by atoms with Crippen molar-refractivity contribution in [2.75, 3.05) is 25.0 Å². The van der Waals surface area contributed by atoms with Gasteiger partial charge in [-0.05, 0) is 22.9 Å². The predicted molar refractivity (Wildman–Crippen MR) is 75.8 cm³/mol. The number of nitrogens with zero attached hydrogens (tertiary/aromatic N) is 3. The lowest BCUT2D eigenvalue weighted by Crippen LogP contribution is -2.36. The van der Waals surface area contributed by atoms with Crippen molar-refractivity contribution >= 4 is 27.7 Å². The monoisotopic (exact) mass is 314 g/mol. The molecular weight excluding hydrogens is 296 g/mol. The lowest BCUT2D eigenvalue weighted by molar-refractivity contribution is -0.119. The number of hydrogen-bond acceptors (Lipinski definition) is 4. The Hall–Kier alpha value is -1.17. The van der Waals surface area contributed by atoms with Gasteiger partial charge in [-0.3, -0.25) is 4.79 Å². The van der Waals surface area contributed by atoms with Crippen molar-refractivity contribution in [3.63, 3.8) is 0 Å². The first kappa shape index (κ1) is 14.9. The summed E-state index contributed by atoms with van der Waals surface area (Å²) in [7, 11) is 1.63. The molecule has 1 heterocycles. The summed E-state index contributed by atoms with van der Waals surface area (Å²) in [5.41, 5.74) is 0. The second kappa shape index (κ2) is 6.68. The number of hydrogen-bond donors (Lipinski definition) is 1. The third-order valence-corrected chi connectivity index (χ3v) is 2.94. The molecule has 6 heteroatoms. The minimum Gasteiger partial charge on any atom is -0.358 e. The molecule has 1 aromatic heterocycles.